The highest BCUT2D eigenvalue weighted by molar-refractivity contribution is 14.0. The summed E-state index contributed by atoms with van der Waals surface area (Å²) in [5.41, 5.74) is 6.43. The van der Waals surface area contributed by atoms with Crippen molar-refractivity contribution in [3.05, 3.63) is 54.0 Å². The molecule has 2 aromatic rings. The number of nitrogens with one attached hydrogen (secondary N) is 1. The summed E-state index contributed by atoms with van der Waals surface area (Å²) < 4.78 is 45.1. The molecule has 0 atom stereocenters. The van der Waals surface area contributed by atoms with Gasteiger partial charge in [-0.2, -0.15) is 0 Å². The van der Waals surface area contributed by atoms with E-state index < -0.39 is 6.36 Å². The first-order chi connectivity index (χ1) is 10.9. The summed E-state index contributed by atoms with van der Waals surface area (Å²) in [6.07, 6.45) is -2.42. The lowest BCUT2D eigenvalue weighted by Gasteiger charge is -2.09. The van der Waals surface area contributed by atoms with Crippen LogP contribution in [0.15, 0.2) is 52.1 Å². The predicted molar refractivity (Wildman–Crippen MR) is 94.3 cm³/mol. The summed E-state index contributed by atoms with van der Waals surface area (Å²) in [7, 11) is 0. The zero-order valence-corrected chi connectivity index (χ0v) is 14.9. The Morgan fingerprint density at radius 3 is 2.50 bits per heavy atom. The zero-order valence-electron chi connectivity index (χ0n) is 12.5. The topological polar surface area (TPSA) is 72.8 Å². The minimum atomic E-state index is -4.69. The van der Waals surface area contributed by atoms with Gasteiger partial charge in [-0.3, -0.25) is 0 Å². The highest BCUT2D eigenvalue weighted by Gasteiger charge is 2.30. The second kappa shape index (κ2) is 9.40. The van der Waals surface area contributed by atoms with Crippen LogP contribution in [0.2, 0.25) is 0 Å². The van der Waals surface area contributed by atoms with Gasteiger partial charge < -0.3 is 20.2 Å². The Hall–Kier alpha value is -1.91. The van der Waals surface area contributed by atoms with Crippen LogP contribution >= 0.6 is 24.0 Å². The third-order valence-electron chi connectivity index (χ3n) is 2.85. The Morgan fingerprint density at radius 1 is 1.21 bits per heavy atom. The van der Waals surface area contributed by atoms with Crippen molar-refractivity contribution in [1.82, 2.24) is 5.32 Å². The van der Waals surface area contributed by atoms with Gasteiger partial charge in [-0.05, 0) is 29.8 Å². The largest absolute Gasteiger partial charge is 0.573 e. The number of hydrogen-bond acceptors (Lipinski definition) is 3. The number of guanidine groups is 1. The fourth-order valence-corrected chi connectivity index (χ4v) is 1.80. The number of alkyl halides is 3. The van der Waals surface area contributed by atoms with E-state index in [2.05, 4.69) is 15.0 Å². The van der Waals surface area contributed by atoms with E-state index in [1.165, 1.54) is 24.3 Å². The second-order valence-corrected chi connectivity index (χ2v) is 4.65. The van der Waals surface area contributed by atoms with Crippen LogP contribution in [0.25, 0.3) is 0 Å². The molecular formula is C15H17F3IN3O2. The number of furan rings is 1. The molecule has 0 spiro atoms. The number of benzene rings is 1. The highest BCUT2D eigenvalue weighted by atomic mass is 127. The standard InChI is InChI=1S/C15H16F3N3O2.HI/c16-15(17,18)23-13-5-3-11(4-6-13)10-21-14(19)20-8-7-12-2-1-9-22-12;/h1-6,9H,7-8,10H2,(H3,19,20,21);1H. The monoisotopic (exact) mass is 455 g/mol. The van der Waals surface area contributed by atoms with Crippen LogP contribution < -0.4 is 15.8 Å². The smallest absolute Gasteiger partial charge is 0.469 e. The quantitative estimate of drug-likeness (QED) is 0.398. The lowest BCUT2D eigenvalue weighted by Crippen LogP contribution is -2.33. The van der Waals surface area contributed by atoms with E-state index in [4.69, 9.17) is 10.2 Å². The van der Waals surface area contributed by atoms with Crippen molar-refractivity contribution in [2.75, 3.05) is 6.54 Å². The first-order valence-electron chi connectivity index (χ1n) is 6.83. The first-order valence-corrected chi connectivity index (χ1v) is 6.83. The van der Waals surface area contributed by atoms with Crippen LogP contribution in [-0.2, 0) is 13.0 Å². The van der Waals surface area contributed by atoms with Crippen LogP contribution in [0.5, 0.6) is 5.75 Å². The van der Waals surface area contributed by atoms with Crippen molar-refractivity contribution in [2.45, 2.75) is 19.3 Å². The Morgan fingerprint density at radius 2 is 1.92 bits per heavy atom. The van der Waals surface area contributed by atoms with Gasteiger partial charge in [0.25, 0.3) is 0 Å². The van der Waals surface area contributed by atoms with Crippen molar-refractivity contribution >= 4 is 29.9 Å². The number of ether oxygens (including phenoxy) is 1. The number of hydrogen-bond donors (Lipinski definition) is 2. The predicted octanol–water partition coefficient (Wildman–Crippen LogP) is 3.44. The number of nitrogens with two attached hydrogens (primary N) is 1. The summed E-state index contributed by atoms with van der Waals surface area (Å²) in [5.74, 6) is 0.826. The highest BCUT2D eigenvalue weighted by Crippen LogP contribution is 2.22. The van der Waals surface area contributed by atoms with Crippen molar-refractivity contribution in [2.24, 2.45) is 10.7 Å². The lowest BCUT2D eigenvalue weighted by molar-refractivity contribution is -0.274. The summed E-state index contributed by atoms with van der Waals surface area (Å²) in [6, 6.07) is 9.14. The molecule has 1 aromatic carbocycles. The molecule has 0 aliphatic rings. The molecule has 9 heteroatoms. The van der Waals surface area contributed by atoms with Gasteiger partial charge in [0.2, 0.25) is 0 Å². The Labute approximate surface area is 154 Å². The second-order valence-electron chi connectivity index (χ2n) is 4.65. The van der Waals surface area contributed by atoms with Crippen LogP contribution in [0.1, 0.15) is 11.3 Å². The third-order valence-corrected chi connectivity index (χ3v) is 2.85. The van der Waals surface area contributed by atoms with E-state index in [1.54, 1.807) is 12.3 Å². The molecule has 0 bridgehead atoms. The molecule has 5 nitrogen and oxygen atoms in total. The Kier molecular flexibility index (Phi) is 7.89. The molecule has 1 heterocycles. The van der Waals surface area contributed by atoms with E-state index in [0.717, 1.165) is 11.3 Å². The van der Waals surface area contributed by atoms with Gasteiger partial charge in [0.05, 0.1) is 12.8 Å². The van der Waals surface area contributed by atoms with E-state index in [-0.39, 0.29) is 42.2 Å². The maximum Gasteiger partial charge on any atom is 0.573 e. The maximum atomic E-state index is 12.0. The fraction of sp³-hybridized carbons (Fsp3) is 0.267. The van der Waals surface area contributed by atoms with Gasteiger partial charge in [0, 0.05) is 13.0 Å². The van der Waals surface area contributed by atoms with Gasteiger partial charge in [0.1, 0.15) is 11.5 Å². The lowest BCUT2D eigenvalue weighted by atomic mass is 10.2. The minimum Gasteiger partial charge on any atom is -0.469 e. The molecule has 0 unspecified atom stereocenters. The summed E-state index contributed by atoms with van der Waals surface area (Å²) in [4.78, 5) is 4.11. The number of aliphatic imine (C=N–C) groups is 1. The molecule has 132 valence electrons. The summed E-state index contributed by atoms with van der Waals surface area (Å²) in [5, 5.41) is 2.93. The SMILES string of the molecule is I.NC(=NCc1ccc(OC(F)(F)F)cc1)NCCc1ccco1. The first kappa shape index (κ1) is 20.1. The van der Waals surface area contributed by atoms with Gasteiger partial charge in [-0.1, -0.05) is 12.1 Å². The third kappa shape index (κ3) is 7.57. The summed E-state index contributed by atoms with van der Waals surface area (Å²) >= 11 is 0. The van der Waals surface area contributed by atoms with Crippen LogP contribution in [0.3, 0.4) is 0 Å². The number of nitrogens with zero attached hydrogens (tertiary/aromatic N) is 1. The molecule has 0 fully saturated rings. The van der Waals surface area contributed by atoms with Crippen LogP contribution in [-0.4, -0.2) is 18.9 Å². The van der Waals surface area contributed by atoms with Gasteiger partial charge in [-0.15, -0.1) is 37.1 Å². The molecular weight excluding hydrogens is 438 g/mol. The van der Waals surface area contributed by atoms with Crippen LogP contribution in [0, 0.1) is 0 Å². The molecule has 0 aliphatic carbocycles. The molecule has 0 radical (unpaired) electrons. The van der Waals surface area contributed by atoms with Gasteiger partial charge in [0.15, 0.2) is 5.96 Å². The van der Waals surface area contributed by atoms with Crippen molar-refractivity contribution in [3.8, 4) is 5.75 Å². The minimum absolute atomic E-state index is 0. The van der Waals surface area contributed by atoms with E-state index in [1.807, 2.05) is 6.07 Å². The van der Waals surface area contributed by atoms with Crippen molar-refractivity contribution < 1.29 is 22.3 Å². The van der Waals surface area contributed by atoms with Crippen molar-refractivity contribution in [1.29, 1.82) is 0 Å². The average Bonchev–Trinajstić information content (AvgIpc) is 2.98. The van der Waals surface area contributed by atoms with E-state index in [0.29, 0.717) is 13.0 Å². The molecule has 0 amide bonds. The Bertz CT molecular complexity index is 628. The van der Waals surface area contributed by atoms with Gasteiger partial charge >= 0.3 is 6.36 Å². The number of rotatable bonds is 6. The zero-order chi connectivity index (χ0) is 16.7. The van der Waals surface area contributed by atoms with Crippen LogP contribution in [0.4, 0.5) is 13.2 Å². The molecule has 0 aliphatic heterocycles. The molecule has 0 saturated heterocycles. The normalized spacial score (nSPS) is 11.7. The molecule has 24 heavy (non-hydrogen) atoms. The molecule has 1 aromatic heterocycles. The average molecular weight is 455 g/mol. The summed E-state index contributed by atoms with van der Waals surface area (Å²) in [6.45, 7) is 0.826. The van der Waals surface area contributed by atoms with Gasteiger partial charge in [-0.25, -0.2) is 4.99 Å². The molecule has 3 N–H and O–H groups in total. The van der Waals surface area contributed by atoms with E-state index >= 15 is 0 Å². The molecule has 0 saturated carbocycles. The van der Waals surface area contributed by atoms with Crippen molar-refractivity contribution in [3.63, 3.8) is 0 Å². The van der Waals surface area contributed by atoms with E-state index in [9.17, 15) is 13.2 Å². The molecule has 2 rings (SSSR count). The number of halogens is 4. The maximum absolute atomic E-state index is 12.0. The fourth-order valence-electron chi connectivity index (χ4n) is 1.80. The Balaban J connectivity index is 0.00000288.